The van der Waals surface area contributed by atoms with Gasteiger partial charge in [0.25, 0.3) is 0 Å². The van der Waals surface area contributed by atoms with Crippen LogP contribution in [0.2, 0.25) is 0 Å². The lowest BCUT2D eigenvalue weighted by Gasteiger charge is -2.23. The average molecular weight is 715 g/mol. The van der Waals surface area contributed by atoms with Gasteiger partial charge in [0.15, 0.2) is 0 Å². The van der Waals surface area contributed by atoms with Crippen molar-refractivity contribution in [3.05, 3.63) is 204 Å². The first-order valence-electron chi connectivity index (χ1n) is 19.7. The van der Waals surface area contributed by atoms with Crippen LogP contribution < -0.4 is 0 Å². The summed E-state index contributed by atoms with van der Waals surface area (Å²) in [5, 5.41) is 10.1. The van der Waals surface area contributed by atoms with E-state index in [1.54, 1.807) is 0 Å². The molecule has 0 heteroatoms. The topological polar surface area (TPSA) is 0 Å². The van der Waals surface area contributed by atoms with Crippen LogP contribution in [-0.2, 0) is 0 Å². The van der Waals surface area contributed by atoms with Gasteiger partial charge in [-0.05, 0) is 173 Å². The van der Waals surface area contributed by atoms with Crippen molar-refractivity contribution >= 4 is 43.1 Å². The fourth-order valence-electron chi connectivity index (χ4n) is 9.30. The van der Waals surface area contributed by atoms with E-state index < -0.39 is 0 Å². The van der Waals surface area contributed by atoms with E-state index in [1.165, 1.54) is 121 Å². The predicted molar refractivity (Wildman–Crippen MR) is 243 cm³/mol. The molecule has 0 saturated carbocycles. The van der Waals surface area contributed by atoms with Gasteiger partial charge >= 0.3 is 0 Å². The molecule has 10 aromatic carbocycles. The number of rotatable bonds is 5. The van der Waals surface area contributed by atoms with Crippen molar-refractivity contribution in [1.29, 1.82) is 0 Å². The second-order valence-corrected chi connectivity index (χ2v) is 15.4. The Morgan fingerprint density at radius 1 is 0.232 bits per heavy atom. The van der Waals surface area contributed by atoms with Crippen LogP contribution in [0.15, 0.2) is 182 Å². The molecule has 0 N–H and O–H groups in total. The molecule has 0 bridgehead atoms. The van der Waals surface area contributed by atoms with Crippen molar-refractivity contribution in [1.82, 2.24) is 0 Å². The highest BCUT2D eigenvalue weighted by molar-refractivity contribution is 6.12. The molecule has 0 spiro atoms. The quantitative estimate of drug-likeness (QED) is 0.166. The highest BCUT2D eigenvalue weighted by Crippen LogP contribution is 2.47. The van der Waals surface area contributed by atoms with Gasteiger partial charge in [0.05, 0.1) is 0 Å². The average Bonchev–Trinajstić information content (AvgIpc) is 3.24. The zero-order chi connectivity index (χ0) is 37.9. The van der Waals surface area contributed by atoms with E-state index in [9.17, 15) is 0 Å². The summed E-state index contributed by atoms with van der Waals surface area (Å²) in [6.07, 6.45) is 0. The molecule has 0 radical (unpaired) electrons. The zero-order valence-corrected chi connectivity index (χ0v) is 32.3. The molecule has 0 aliphatic carbocycles. The van der Waals surface area contributed by atoms with Gasteiger partial charge in [-0.25, -0.2) is 0 Å². The monoisotopic (exact) mass is 714 g/mol. The molecule has 0 aliphatic heterocycles. The standard InChI is InChI=1S/C56H42/c1-35-47(45-29-27-39-15-5-7-17-41(39)31-45)23-13-25-49(35)53-33-43-19-9-11-21-51(43)55(37(53)3)56-38(4)54(34-44-20-10-12-22-52(44)56)50-26-14-24-48(36(50)2)46-30-28-40-16-6-8-18-42(40)32-46/h5-34H,1-4H3. The Labute approximate surface area is 329 Å². The zero-order valence-electron chi connectivity index (χ0n) is 32.3. The van der Waals surface area contributed by atoms with E-state index in [0.29, 0.717) is 0 Å². The van der Waals surface area contributed by atoms with Gasteiger partial charge in [-0.15, -0.1) is 0 Å². The van der Waals surface area contributed by atoms with Gasteiger partial charge in [0, 0.05) is 0 Å². The number of fused-ring (bicyclic) bond motifs is 4. The maximum atomic E-state index is 2.42. The van der Waals surface area contributed by atoms with E-state index in [1.807, 2.05) is 0 Å². The Morgan fingerprint density at radius 2 is 0.589 bits per heavy atom. The minimum absolute atomic E-state index is 1.25. The number of hydrogen-bond donors (Lipinski definition) is 0. The SMILES string of the molecule is Cc1c(-c2ccc3ccccc3c2)cccc1-c1cc2ccccc2c(-c2c(C)c(-c3cccc(-c4ccc5ccccc5c4)c3C)cc3ccccc23)c1C. The van der Waals surface area contributed by atoms with Crippen LogP contribution in [0, 0.1) is 27.7 Å². The lowest BCUT2D eigenvalue weighted by Crippen LogP contribution is -1.99. The highest BCUT2D eigenvalue weighted by Gasteiger charge is 2.22. The molecule has 266 valence electrons. The molecular weight excluding hydrogens is 673 g/mol. The predicted octanol–water partition coefficient (Wildman–Crippen LogP) is 15.9. The Balaban J connectivity index is 1.20. The lowest BCUT2D eigenvalue weighted by atomic mass is 9.80. The van der Waals surface area contributed by atoms with Crippen molar-refractivity contribution in [2.45, 2.75) is 27.7 Å². The molecule has 0 aromatic heterocycles. The highest BCUT2D eigenvalue weighted by atomic mass is 14.3. The molecule has 10 rings (SSSR count). The van der Waals surface area contributed by atoms with Crippen molar-refractivity contribution in [2.75, 3.05) is 0 Å². The second-order valence-electron chi connectivity index (χ2n) is 15.4. The van der Waals surface area contributed by atoms with Crippen molar-refractivity contribution < 1.29 is 0 Å². The van der Waals surface area contributed by atoms with E-state index in [0.717, 1.165) is 0 Å². The molecule has 0 heterocycles. The van der Waals surface area contributed by atoms with Crippen molar-refractivity contribution in [3.63, 3.8) is 0 Å². The third-order valence-corrected chi connectivity index (χ3v) is 12.2. The number of hydrogen-bond acceptors (Lipinski definition) is 0. The van der Waals surface area contributed by atoms with Gasteiger partial charge < -0.3 is 0 Å². The maximum absolute atomic E-state index is 2.42. The van der Waals surface area contributed by atoms with E-state index >= 15 is 0 Å². The first-order valence-corrected chi connectivity index (χ1v) is 19.7. The Morgan fingerprint density at radius 3 is 1.02 bits per heavy atom. The summed E-state index contributed by atoms with van der Waals surface area (Å²) in [6, 6.07) is 67.3. The third-order valence-electron chi connectivity index (χ3n) is 12.2. The van der Waals surface area contributed by atoms with Crippen LogP contribution >= 0.6 is 0 Å². The van der Waals surface area contributed by atoms with Crippen molar-refractivity contribution in [2.24, 2.45) is 0 Å². The Bertz CT molecular complexity index is 2960. The molecule has 0 saturated heterocycles. The first-order chi connectivity index (χ1) is 27.4. The Kier molecular flexibility index (Phi) is 8.15. The fourth-order valence-corrected chi connectivity index (χ4v) is 9.30. The summed E-state index contributed by atoms with van der Waals surface area (Å²) in [5.41, 5.74) is 18.0. The summed E-state index contributed by atoms with van der Waals surface area (Å²) in [4.78, 5) is 0. The first kappa shape index (κ1) is 33.8. The molecular formula is C56H42. The van der Waals surface area contributed by atoms with Crippen LogP contribution in [0.3, 0.4) is 0 Å². The molecule has 0 fully saturated rings. The number of benzene rings is 10. The fraction of sp³-hybridized carbons (Fsp3) is 0.0714. The van der Waals surface area contributed by atoms with Crippen LogP contribution in [0.25, 0.3) is 98.7 Å². The van der Waals surface area contributed by atoms with Gasteiger partial charge in [0.1, 0.15) is 0 Å². The summed E-state index contributed by atoms with van der Waals surface area (Å²) in [5.74, 6) is 0. The second kappa shape index (κ2) is 13.5. The van der Waals surface area contributed by atoms with Gasteiger partial charge in [0.2, 0.25) is 0 Å². The minimum atomic E-state index is 1.25. The molecule has 0 aliphatic rings. The summed E-state index contributed by atoms with van der Waals surface area (Å²) in [6.45, 7) is 9.26. The minimum Gasteiger partial charge on any atom is -0.0616 e. The van der Waals surface area contributed by atoms with Crippen LogP contribution in [0.1, 0.15) is 22.3 Å². The van der Waals surface area contributed by atoms with Crippen molar-refractivity contribution in [3.8, 4) is 55.6 Å². The van der Waals surface area contributed by atoms with Gasteiger partial charge in [-0.1, -0.05) is 158 Å². The summed E-state index contributed by atoms with van der Waals surface area (Å²) >= 11 is 0. The van der Waals surface area contributed by atoms with Gasteiger partial charge in [-0.2, -0.15) is 0 Å². The molecule has 56 heavy (non-hydrogen) atoms. The van der Waals surface area contributed by atoms with Crippen LogP contribution in [0.4, 0.5) is 0 Å². The third kappa shape index (κ3) is 5.52. The van der Waals surface area contributed by atoms with Gasteiger partial charge in [-0.3, -0.25) is 0 Å². The molecule has 0 unspecified atom stereocenters. The van der Waals surface area contributed by atoms with E-state index in [4.69, 9.17) is 0 Å². The molecule has 0 amide bonds. The van der Waals surface area contributed by atoms with E-state index in [-0.39, 0.29) is 0 Å². The maximum Gasteiger partial charge on any atom is -0.00608 e. The van der Waals surface area contributed by atoms with Crippen LogP contribution in [-0.4, -0.2) is 0 Å². The Hall–Kier alpha value is -6.76. The molecule has 10 aromatic rings. The lowest BCUT2D eigenvalue weighted by molar-refractivity contribution is 1.39. The van der Waals surface area contributed by atoms with Crippen LogP contribution in [0.5, 0.6) is 0 Å². The van der Waals surface area contributed by atoms with E-state index in [2.05, 4.69) is 210 Å². The normalized spacial score (nSPS) is 11.6. The smallest absolute Gasteiger partial charge is 0.00608 e. The summed E-state index contributed by atoms with van der Waals surface area (Å²) in [7, 11) is 0. The summed E-state index contributed by atoms with van der Waals surface area (Å²) < 4.78 is 0. The molecule has 0 nitrogen and oxygen atoms in total. The largest absolute Gasteiger partial charge is 0.0616 e. The molecule has 0 atom stereocenters.